The molecule has 0 spiro atoms. The lowest BCUT2D eigenvalue weighted by molar-refractivity contribution is 0.0612. The third-order valence-corrected chi connectivity index (χ3v) is 8.46. The van der Waals surface area contributed by atoms with Gasteiger partial charge in [-0.05, 0) is 72.7 Å². The molecule has 0 bridgehead atoms. The van der Waals surface area contributed by atoms with Crippen molar-refractivity contribution in [2.24, 2.45) is 5.92 Å². The number of hydrogen-bond donors (Lipinski definition) is 1. The fraction of sp³-hybridized carbons (Fsp3) is 0.270. The van der Waals surface area contributed by atoms with Gasteiger partial charge in [-0.1, -0.05) is 30.3 Å². The highest BCUT2D eigenvalue weighted by molar-refractivity contribution is 5.98. The number of furan rings is 1. The molecule has 0 saturated carbocycles. The lowest BCUT2D eigenvalue weighted by atomic mass is 9.97. The Hall–Kier alpha value is -5.15. The minimum atomic E-state index is -0.329. The third kappa shape index (κ3) is 6.60. The number of nitrogen functional groups attached to an aromatic ring is 1. The topological polar surface area (TPSA) is 119 Å². The summed E-state index contributed by atoms with van der Waals surface area (Å²) in [5, 5.41) is 0. The van der Waals surface area contributed by atoms with Gasteiger partial charge in [-0.2, -0.15) is 0 Å². The molecule has 1 fully saturated rings. The van der Waals surface area contributed by atoms with Crippen molar-refractivity contribution in [2.75, 3.05) is 33.2 Å². The predicted molar refractivity (Wildman–Crippen MR) is 177 cm³/mol. The molecule has 5 aromatic rings. The fourth-order valence-electron chi connectivity index (χ4n) is 5.88. The largest absolute Gasteiger partial charge is 0.493 e. The number of pyridine rings is 2. The van der Waals surface area contributed by atoms with Crippen LogP contribution in [0, 0.1) is 12.8 Å². The molecule has 0 unspecified atom stereocenters. The van der Waals surface area contributed by atoms with E-state index in [9.17, 15) is 9.59 Å². The van der Waals surface area contributed by atoms with Crippen molar-refractivity contribution in [1.29, 1.82) is 0 Å². The Morgan fingerprint density at radius 2 is 1.65 bits per heavy atom. The molecular weight excluding hydrogens is 582 g/mol. The standard InChI is InChI=1S/C37H37N3O6/c1-23-4-10-33(46-23)31-22-40(20-25-12-14-45-15-13-25)21-30(36(31)42)32(41)16-24-5-7-26(8-6-24)29-17-28(19-39-37(29)38)27-9-11-34(43-2)35(18-27)44-3/h4-11,17-19,21-22,25H,12-16,20H2,1-3H3,(H2,38,39). The highest BCUT2D eigenvalue weighted by atomic mass is 16.5. The number of nitrogens with two attached hydrogens (primary N) is 1. The van der Waals surface area contributed by atoms with Crippen LogP contribution in [0.3, 0.4) is 0 Å². The smallest absolute Gasteiger partial charge is 0.203 e. The van der Waals surface area contributed by atoms with E-state index in [1.807, 2.05) is 66.1 Å². The van der Waals surface area contributed by atoms with E-state index < -0.39 is 0 Å². The van der Waals surface area contributed by atoms with Gasteiger partial charge in [0, 0.05) is 55.9 Å². The molecule has 4 heterocycles. The number of carbonyl (C=O) groups excluding carboxylic acids is 1. The van der Waals surface area contributed by atoms with E-state index in [1.54, 1.807) is 38.9 Å². The number of benzene rings is 2. The van der Waals surface area contributed by atoms with Crippen molar-refractivity contribution in [3.05, 3.63) is 106 Å². The molecule has 9 nitrogen and oxygen atoms in total. The van der Waals surface area contributed by atoms with Crippen LogP contribution < -0.4 is 20.6 Å². The van der Waals surface area contributed by atoms with Crippen LogP contribution >= 0.6 is 0 Å². The summed E-state index contributed by atoms with van der Waals surface area (Å²) in [5.41, 5.74) is 10.7. The Bertz CT molecular complexity index is 1920. The van der Waals surface area contributed by atoms with E-state index in [2.05, 4.69) is 4.98 Å². The van der Waals surface area contributed by atoms with Gasteiger partial charge in [0.1, 0.15) is 17.3 Å². The number of methoxy groups -OCH3 is 2. The van der Waals surface area contributed by atoms with Crippen molar-refractivity contribution < 1.29 is 23.4 Å². The van der Waals surface area contributed by atoms with E-state index >= 15 is 0 Å². The lowest BCUT2D eigenvalue weighted by Gasteiger charge is -2.23. The summed E-state index contributed by atoms with van der Waals surface area (Å²) in [6.45, 7) is 3.97. The van der Waals surface area contributed by atoms with Crippen molar-refractivity contribution >= 4 is 11.6 Å². The molecule has 6 rings (SSSR count). The number of ketones is 1. The van der Waals surface area contributed by atoms with E-state index in [4.69, 9.17) is 24.4 Å². The molecule has 1 aliphatic rings. The minimum Gasteiger partial charge on any atom is -0.493 e. The first kappa shape index (κ1) is 30.9. The number of carbonyl (C=O) groups is 1. The van der Waals surface area contributed by atoms with Gasteiger partial charge >= 0.3 is 0 Å². The third-order valence-electron chi connectivity index (χ3n) is 8.46. The van der Waals surface area contributed by atoms with E-state index in [1.165, 1.54) is 0 Å². The average molecular weight is 620 g/mol. The summed E-state index contributed by atoms with van der Waals surface area (Å²) in [5.74, 6) is 2.97. The number of hydrogen-bond acceptors (Lipinski definition) is 8. The second-order valence-electron chi connectivity index (χ2n) is 11.6. The lowest BCUT2D eigenvalue weighted by Crippen LogP contribution is -2.24. The fourth-order valence-corrected chi connectivity index (χ4v) is 5.88. The van der Waals surface area contributed by atoms with Crippen LogP contribution in [-0.2, 0) is 17.7 Å². The SMILES string of the molecule is COc1ccc(-c2cnc(N)c(-c3ccc(CC(=O)c4cn(CC5CCOCC5)cc(-c5ccc(C)o5)c4=O)cc3)c2)cc1OC. The Morgan fingerprint density at radius 3 is 2.35 bits per heavy atom. The summed E-state index contributed by atoms with van der Waals surface area (Å²) in [6.07, 6.45) is 7.17. The van der Waals surface area contributed by atoms with Crippen molar-refractivity contribution in [1.82, 2.24) is 9.55 Å². The molecule has 3 aromatic heterocycles. The first-order valence-corrected chi connectivity index (χ1v) is 15.3. The molecule has 9 heteroatoms. The molecule has 0 atom stereocenters. The van der Waals surface area contributed by atoms with E-state index in [-0.39, 0.29) is 23.2 Å². The molecule has 46 heavy (non-hydrogen) atoms. The van der Waals surface area contributed by atoms with E-state index in [0.717, 1.165) is 53.9 Å². The van der Waals surface area contributed by atoms with Gasteiger partial charge < -0.3 is 28.9 Å². The monoisotopic (exact) mass is 619 g/mol. The zero-order valence-corrected chi connectivity index (χ0v) is 26.2. The number of ether oxygens (including phenoxy) is 3. The number of rotatable bonds is 10. The molecule has 1 aliphatic heterocycles. The Labute approximate surface area is 267 Å². The minimum absolute atomic E-state index is 0.0762. The summed E-state index contributed by atoms with van der Waals surface area (Å²) >= 11 is 0. The molecule has 236 valence electrons. The number of Topliss-reactive ketones (excluding diaryl/α,β-unsaturated/α-hetero) is 1. The summed E-state index contributed by atoms with van der Waals surface area (Å²) in [4.78, 5) is 31.7. The van der Waals surface area contributed by atoms with Gasteiger partial charge in [0.2, 0.25) is 5.43 Å². The second kappa shape index (κ2) is 13.5. The van der Waals surface area contributed by atoms with Crippen molar-refractivity contribution in [3.8, 4) is 45.1 Å². The van der Waals surface area contributed by atoms with Gasteiger partial charge in [-0.3, -0.25) is 9.59 Å². The molecule has 0 radical (unpaired) electrons. The first-order valence-electron chi connectivity index (χ1n) is 15.3. The van der Waals surface area contributed by atoms with Gasteiger partial charge in [-0.15, -0.1) is 0 Å². The van der Waals surface area contributed by atoms with Crippen LogP contribution in [0.5, 0.6) is 11.5 Å². The van der Waals surface area contributed by atoms with Gasteiger partial charge in [0.15, 0.2) is 17.3 Å². The average Bonchev–Trinajstić information content (AvgIpc) is 3.52. The zero-order chi connectivity index (χ0) is 32.2. The van der Waals surface area contributed by atoms with Gasteiger partial charge in [0.05, 0.1) is 25.3 Å². The Kier molecular flexibility index (Phi) is 9.03. The van der Waals surface area contributed by atoms with Crippen LogP contribution in [0.15, 0.2) is 88.5 Å². The molecule has 2 aromatic carbocycles. The highest BCUT2D eigenvalue weighted by Gasteiger charge is 2.21. The van der Waals surface area contributed by atoms with Crippen LogP contribution in [0.25, 0.3) is 33.6 Å². The summed E-state index contributed by atoms with van der Waals surface area (Å²) in [7, 11) is 3.20. The van der Waals surface area contributed by atoms with Crippen LogP contribution in [-0.4, -0.2) is 42.8 Å². The summed E-state index contributed by atoms with van der Waals surface area (Å²) in [6, 6.07) is 18.9. The van der Waals surface area contributed by atoms with Gasteiger partial charge in [-0.25, -0.2) is 4.98 Å². The number of anilines is 1. The molecule has 0 amide bonds. The maximum absolute atomic E-state index is 13.7. The molecule has 1 saturated heterocycles. The van der Waals surface area contributed by atoms with Crippen molar-refractivity contribution in [3.63, 3.8) is 0 Å². The normalized spacial score (nSPS) is 13.5. The van der Waals surface area contributed by atoms with Gasteiger partial charge in [0.25, 0.3) is 0 Å². The highest BCUT2D eigenvalue weighted by Crippen LogP contribution is 2.35. The number of aromatic nitrogens is 2. The van der Waals surface area contributed by atoms with Crippen LogP contribution in [0.2, 0.25) is 0 Å². The number of aryl methyl sites for hydroxylation is 1. The van der Waals surface area contributed by atoms with Crippen LogP contribution in [0.1, 0.15) is 34.5 Å². The zero-order valence-electron chi connectivity index (χ0n) is 26.2. The first-order chi connectivity index (χ1) is 22.3. The molecule has 2 N–H and O–H groups in total. The molecule has 0 aliphatic carbocycles. The summed E-state index contributed by atoms with van der Waals surface area (Å²) < 4.78 is 24.1. The van der Waals surface area contributed by atoms with E-state index in [0.29, 0.717) is 46.9 Å². The maximum atomic E-state index is 13.7. The Balaban J connectivity index is 1.26. The maximum Gasteiger partial charge on any atom is 0.203 e. The molecular formula is C37H37N3O6. The second-order valence-corrected chi connectivity index (χ2v) is 11.6. The quantitative estimate of drug-likeness (QED) is 0.174. The Morgan fingerprint density at radius 1 is 0.913 bits per heavy atom. The van der Waals surface area contributed by atoms with Crippen molar-refractivity contribution in [2.45, 2.75) is 32.7 Å². The predicted octanol–water partition coefficient (Wildman–Crippen LogP) is 6.60. The number of nitrogens with zero attached hydrogens (tertiary/aromatic N) is 2. The van der Waals surface area contributed by atoms with Crippen LogP contribution in [0.4, 0.5) is 5.82 Å².